The van der Waals surface area contributed by atoms with Crippen LogP contribution in [-0.2, 0) is 6.54 Å². The number of hydrogen-bond donors (Lipinski definition) is 0. The number of aliphatic imine (C=N–C) groups is 1. The van der Waals surface area contributed by atoms with Gasteiger partial charge in [0.05, 0.1) is 6.54 Å². The van der Waals surface area contributed by atoms with Crippen LogP contribution >= 0.6 is 11.3 Å². The Labute approximate surface area is 80.2 Å². The monoisotopic (exact) mass is 188 g/mol. The number of rotatable bonds is 0. The van der Waals surface area contributed by atoms with Gasteiger partial charge in [0.1, 0.15) is 5.00 Å². The summed E-state index contributed by atoms with van der Waals surface area (Å²) in [5.74, 6) is 0. The molecular weight excluding hydrogens is 180 g/mol. The highest BCUT2D eigenvalue weighted by molar-refractivity contribution is 7.13. The summed E-state index contributed by atoms with van der Waals surface area (Å²) in [4.78, 5) is 4.36. The first-order valence-corrected chi connectivity index (χ1v) is 5.07. The molecule has 0 fully saturated rings. The molecule has 0 unspecified atom stereocenters. The molecule has 0 aromatic carbocycles. The van der Waals surface area contributed by atoms with Gasteiger partial charge in [0.2, 0.25) is 0 Å². The van der Waals surface area contributed by atoms with Crippen molar-refractivity contribution in [3.8, 4) is 5.00 Å². The molecule has 2 aromatic heterocycles. The van der Waals surface area contributed by atoms with Crippen molar-refractivity contribution in [3.63, 3.8) is 0 Å². The van der Waals surface area contributed by atoms with Crippen LogP contribution < -0.4 is 0 Å². The van der Waals surface area contributed by atoms with E-state index < -0.39 is 0 Å². The van der Waals surface area contributed by atoms with Gasteiger partial charge >= 0.3 is 0 Å². The molecule has 0 amide bonds. The fourth-order valence-electron chi connectivity index (χ4n) is 1.59. The van der Waals surface area contributed by atoms with Gasteiger partial charge in [0, 0.05) is 23.7 Å². The summed E-state index contributed by atoms with van der Waals surface area (Å²) in [5.41, 5.74) is 2.48. The Hall–Kier alpha value is -1.35. The minimum absolute atomic E-state index is 0.786. The highest BCUT2D eigenvalue weighted by atomic mass is 32.1. The SMILES string of the molecule is C1=NCc2cccn2-c2sccc21. The zero-order chi connectivity index (χ0) is 8.67. The number of nitrogens with zero attached hydrogens (tertiary/aromatic N) is 2. The minimum Gasteiger partial charge on any atom is -0.310 e. The van der Waals surface area contributed by atoms with Gasteiger partial charge in [-0.25, -0.2) is 0 Å². The average molecular weight is 188 g/mol. The first-order chi connectivity index (χ1) is 6.45. The van der Waals surface area contributed by atoms with Crippen molar-refractivity contribution in [1.29, 1.82) is 0 Å². The van der Waals surface area contributed by atoms with E-state index in [0.29, 0.717) is 0 Å². The summed E-state index contributed by atoms with van der Waals surface area (Å²) >= 11 is 1.76. The summed E-state index contributed by atoms with van der Waals surface area (Å²) < 4.78 is 2.22. The van der Waals surface area contributed by atoms with Gasteiger partial charge < -0.3 is 4.57 Å². The molecule has 0 saturated heterocycles. The summed E-state index contributed by atoms with van der Waals surface area (Å²) in [7, 11) is 0. The standard InChI is InChI=1S/C10H8N2S/c1-2-9-7-11-6-8-3-5-13-10(8)12(9)4-1/h1-6H,7H2. The van der Waals surface area contributed by atoms with Crippen LogP contribution in [0.3, 0.4) is 0 Å². The van der Waals surface area contributed by atoms with E-state index in [1.54, 1.807) is 11.3 Å². The highest BCUT2D eigenvalue weighted by Gasteiger charge is 2.10. The lowest BCUT2D eigenvalue weighted by molar-refractivity contribution is 0.938. The predicted octanol–water partition coefficient (Wildman–Crippen LogP) is 2.47. The van der Waals surface area contributed by atoms with Crippen LogP contribution in [0, 0.1) is 0 Å². The molecule has 0 bridgehead atoms. The van der Waals surface area contributed by atoms with Crippen LogP contribution in [0.2, 0.25) is 0 Å². The van der Waals surface area contributed by atoms with Crippen molar-refractivity contribution in [2.24, 2.45) is 4.99 Å². The van der Waals surface area contributed by atoms with Crippen molar-refractivity contribution >= 4 is 17.6 Å². The van der Waals surface area contributed by atoms with Crippen molar-refractivity contribution in [2.75, 3.05) is 0 Å². The van der Waals surface area contributed by atoms with Crippen LogP contribution in [0.4, 0.5) is 0 Å². The molecule has 0 atom stereocenters. The fourth-order valence-corrected chi connectivity index (χ4v) is 2.48. The van der Waals surface area contributed by atoms with Gasteiger partial charge in [-0.2, -0.15) is 0 Å². The maximum Gasteiger partial charge on any atom is 0.108 e. The van der Waals surface area contributed by atoms with E-state index in [1.807, 2.05) is 6.21 Å². The molecule has 2 aromatic rings. The first kappa shape index (κ1) is 7.09. The molecule has 0 N–H and O–H groups in total. The highest BCUT2D eigenvalue weighted by Crippen LogP contribution is 2.24. The third-order valence-corrected chi connectivity index (χ3v) is 3.14. The topological polar surface area (TPSA) is 17.3 Å². The van der Waals surface area contributed by atoms with Gasteiger partial charge in [0.25, 0.3) is 0 Å². The molecule has 3 rings (SSSR count). The van der Waals surface area contributed by atoms with E-state index in [2.05, 4.69) is 39.3 Å². The third-order valence-electron chi connectivity index (χ3n) is 2.21. The molecule has 0 saturated carbocycles. The largest absolute Gasteiger partial charge is 0.310 e. The van der Waals surface area contributed by atoms with E-state index in [9.17, 15) is 0 Å². The number of aromatic nitrogens is 1. The Morgan fingerprint density at radius 2 is 2.38 bits per heavy atom. The Morgan fingerprint density at radius 3 is 3.38 bits per heavy atom. The van der Waals surface area contributed by atoms with Crippen LogP contribution in [0.15, 0.2) is 34.8 Å². The van der Waals surface area contributed by atoms with Crippen molar-refractivity contribution in [1.82, 2.24) is 4.57 Å². The second kappa shape index (κ2) is 2.57. The van der Waals surface area contributed by atoms with Crippen LogP contribution in [0.5, 0.6) is 0 Å². The Bertz CT molecular complexity index is 465. The van der Waals surface area contributed by atoms with Crippen LogP contribution in [0.25, 0.3) is 5.00 Å². The molecule has 1 aliphatic heterocycles. The van der Waals surface area contributed by atoms with Gasteiger partial charge in [0.15, 0.2) is 0 Å². The zero-order valence-electron chi connectivity index (χ0n) is 6.97. The lowest BCUT2D eigenvalue weighted by Crippen LogP contribution is -1.94. The molecule has 0 spiro atoms. The van der Waals surface area contributed by atoms with Gasteiger partial charge in [-0.15, -0.1) is 11.3 Å². The molecule has 13 heavy (non-hydrogen) atoms. The smallest absolute Gasteiger partial charge is 0.108 e. The van der Waals surface area contributed by atoms with Crippen molar-refractivity contribution < 1.29 is 0 Å². The van der Waals surface area contributed by atoms with E-state index in [1.165, 1.54) is 16.3 Å². The Kier molecular flexibility index (Phi) is 1.40. The third kappa shape index (κ3) is 0.971. The summed E-state index contributed by atoms with van der Waals surface area (Å²) in [5, 5.41) is 3.38. The zero-order valence-corrected chi connectivity index (χ0v) is 7.79. The summed E-state index contributed by atoms with van der Waals surface area (Å²) in [6.45, 7) is 0.786. The van der Waals surface area contributed by atoms with E-state index in [4.69, 9.17) is 0 Å². The van der Waals surface area contributed by atoms with E-state index in [-0.39, 0.29) is 0 Å². The molecule has 1 aliphatic rings. The summed E-state index contributed by atoms with van der Waals surface area (Å²) in [6, 6.07) is 6.30. The van der Waals surface area contributed by atoms with Gasteiger partial charge in [-0.05, 0) is 23.6 Å². The van der Waals surface area contributed by atoms with E-state index >= 15 is 0 Å². The molecule has 0 aliphatic carbocycles. The average Bonchev–Trinajstić information content (AvgIpc) is 2.72. The normalized spacial score (nSPS) is 13.5. The molecule has 3 heteroatoms. The fraction of sp³-hybridized carbons (Fsp3) is 0.100. The lowest BCUT2D eigenvalue weighted by Gasteiger charge is -2.02. The Balaban J connectivity index is 2.34. The number of hydrogen-bond acceptors (Lipinski definition) is 2. The van der Waals surface area contributed by atoms with Gasteiger partial charge in [-0.1, -0.05) is 0 Å². The van der Waals surface area contributed by atoms with Crippen LogP contribution in [0.1, 0.15) is 11.3 Å². The van der Waals surface area contributed by atoms with Crippen molar-refractivity contribution in [2.45, 2.75) is 6.54 Å². The molecular formula is C10H8N2S. The second-order valence-corrected chi connectivity index (χ2v) is 3.91. The molecule has 3 heterocycles. The van der Waals surface area contributed by atoms with Crippen LogP contribution in [-0.4, -0.2) is 10.8 Å². The maximum atomic E-state index is 4.36. The second-order valence-electron chi connectivity index (χ2n) is 3.02. The minimum atomic E-state index is 0.786. The quantitative estimate of drug-likeness (QED) is 0.604. The number of fused-ring (bicyclic) bond motifs is 3. The van der Waals surface area contributed by atoms with E-state index in [0.717, 1.165) is 6.54 Å². The van der Waals surface area contributed by atoms with Crippen molar-refractivity contribution in [3.05, 3.63) is 41.0 Å². The molecule has 2 nitrogen and oxygen atoms in total. The first-order valence-electron chi connectivity index (χ1n) is 4.19. The lowest BCUT2D eigenvalue weighted by atomic mass is 10.3. The number of thiophene rings is 1. The summed E-state index contributed by atoms with van der Waals surface area (Å²) in [6.07, 6.45) is 4.05. The predicted molar refractivity (Wildman–Crippen MR) is 54.9 cm³/mol. The van der Waals surface area contributed by atoms with Gasteiger partial charge in [-0.3, -0.25) is 4.99 Å². The molecule has 0 radical (unpaired) electrons. The molecule has 64 valence electrons. The maximum absolute atomic E-state index is 4.36. The Morgan fingerprint density at radius 1 is 1.38 bits per heavy atom.